The van der Waals surface area contributed by atoms with Crippen LogP contribution in [-0.2, 0) is 3.61 Å². The van der Waals surface area contributed by atoms with Crippen LogP contribution in [0.1, 0.15) is 12.0 Å². The second-order valence-corrected chi connectivity index (χ2v) is 7.61. The lowest BCUT2D eigenvalue weighted by atomic mass is 10.0. The molecule has 0 spiro atoms. The fourth-order valence-electron chi connectivity index (χ4n) is 2.02. The monoisotopic (exact) mass is 502 g/mol. The summed E-state index contributed by atoms with van der Waals surface area (Å²) in [5, 5.41) is 28.8. The van der Waals surface area contributed by atoms with Crippen LogP contribution in [0.15, 0.2) is 63.8 Å². The molecule has 0 aliphatic heterocycles. The molecule has 0 radical (unpaired) electrons. The first-order valence-electron chi connectivity index (χ1n) is 6.98. The van der Waals surface area contributed by atoms with E-state index in [4.69, 9.17) is 4.74 Å². The molecule has 0 aromatic heterocycles. The summed E-state index contributed by atoms with van der Waals surface area (Å²) in [7, 11) is 1.59. The number of azo groups is 1. The number of rotatable bonds is 6. The molecular formula is C17H16BrIN2O3. The van der Waals surface area contributed by atoms with E-state index in [1.807, 2.05) is 22.6 Å². The van der Waals surface area contributed by atoms with E-state index in [-0.39, 0.29) is 5.75 Å². The van der Waals surface area contributed by atoms with Crippen LogP contribution in [0.3, 0.4) is 0 Å². The Kier molecular flexibility index (Phi) is 6.36. The van der Waals surface area contributed by atoms with E-state index in [9.17, 15) is 10.2 Å². The van der Waals surface area contributed by atoms with E-state index >= 15 is 0 Å². The van der Waals surface area contributed by atoms with Gasteiger partial charge in [-0.05, 0) is 74.9 Å². The molecule has 5 nitrogen and oxygen atoms in total. The summed E-state index contributed by atoms with van der Waals surface area (Å²) in [5.74, 6) is 0.757. The van der Waals surface area contributed by atoms with E-state index in [1.165, 1.54) is 12.1 Å². The number of methoxy groups -OCH3 is 1. The molecule has 24 heavy (non-hydrogen) atoms. The van der Waals surface area contributed by atoms with Crippen LogP contribution in [0.5, 0.6) is 11.5 Å². The highest BCUT2D eigenvalue weighted by molar-refractivity contribution is 14.1. The third-order valence-corrected chi connectivity index (χ3v) is 4.88. The van der Waals surface area contributed by atoms with Crippen LogP contribution >= 0.6 is 38.5 Å². The van der Waals surface area contributed by atoms with Crippen molar-refractivity contribution in [1.29, 1.82) is 0 Å². The van der Waals surface area contributed by atoms with Gasteiger partial charge < -0.3 is 14.9 Å². The molecule has 2 aromatic carbocycles. The number of alkyl halides is 1. The van der Waals surface area contributed by atoms with Gasteiger partial charge in [-0.15, -0.1) is 11.7 Å². The number of aromatic hydroxyl groups is 1. The Hall–Kier alpha value is -1.45. The molecule has 126 valence electrons. The number of benzene rings is 2. The van der Waals surface area contributed by atoms with Gasteiger partial charge in [0.15, 0.2) is 0 Å². The number of aliphatic hydroxyl groups is 1. The van der Waals surface area contributed by atoms with Crippen LogP contribution in [0.25, 0.3) is 0 Å². The second kappa shape index (κ2) is 8.09. The highest BCUT2D eigenvalue weighted by Gasteiger charge is 2.27. The van der Waals surface area contributed by atoms with Crippen molar-refractivity contribution < 1.29 is 14.9 Å². The maximum atomic E-state index is 10.6. The zero-order valence-electron chi connectivity index (χ0n) is 12.9. The minimum Gasteiger partial charge on any atom is -0.508 e. The lowest BCUT2D eigenvalue weighted by molar-refractivity contribution is 0.161. The topological polar surface area (TPSA) is 74.4 Å². The predicted octanol–water partition coefficient (Wildman–Crippen LogP) is 5.73. The van der Waals surface area contributed by atoms with Gasteiger partial charge in [0, 0.05) is 16.5 Å². The Bertz CT molecular complexity index is 778. The molecule has 2 aromatic rings. The molecule has 0 bridgehead atoms. The van der Waals surface area contributed by atoms with E-state index < -0.39 is 3.61 Å². The lowest BCUT2D eigenvalue weighted by Crippen LogP contribution is -2.15. The summed E-state index contributed by atoms with van der Waals surface area (Å²) in [5.41, 5.74) is 1.56. The SMILES string of the molecule is C=CCC(O)(I)c1cc(O)ccc1N=Nc1ccc(OC)cc1Br. The van der Waals surface area contributed by atoms with Crippen molar-refractivity contribution in [3.8, 4) is 11.5 Å². The first-order chi connectivity index (χ1) is 11.4. The van der Waals surface area contributed by atoms with Crippen molar-refractivity contribution in [2.24, 2.45) is 10.2 Å². The fraction of sp³-hybridized carbons (Fsp3) is 0.176. The number of hydrogen-bond acceptors (Lipinski definition) is 5. The first kappa shape index (κ1) is 18.9. The van der Waals surface area contributed by atoms with Gasteiger partial charge in [-0.25, -0.2) is 0 Å². The minimum absolute atomic E-state index is 0.0498. The zero-order valence-corrected chi connectivity index (χ0v) is 16.7. The van der Waals surface area contributed by atoms with Crippen molar-refractivity contribution in [3.05, 3.63) is 59.1 Å². The minimum atomic E-state index is -1.23. The molecule has 0 aliphatic carbocycles. The summed E-state index contributed by atoms with van der Waals surface area (Å²) < 4.78 is 4.65. The highest BCUT2D eigenvalue weighted by Crippen LogP contribution is 2.41. The summed E-state index contributed by atoms with van der Waals surface area (Å²) in [4.78, 5) is 0. The van der Waals surface area contributed by atoms with Gasteiger partial charge in [-0.1, -0.05) is 6.08 Å². The number of phenolic OH excluding ortho intramolecular Hbond substituents is 1. The smallest absolute Gasteiger partial charge is 0.146 e. The van der Waals surface area contributed by atoms with Crippen molar-refractivity contribution in [2.75, 3.05) is 7.11 Å². The Morgan fingerprint density at radius 1 is 1.25 bits per heavy atom. The summed E-state index contributed by atoms with van der Waals surface area (Å²) >= 11 is 5.32. The van der Waals surface area contributed by atoms with Gasteiger partial charge in [-0.3, -0.25) is 0 Å². The van der Waals surface area contributed by atoms with Gasteiger partial charge in [-0.2, -0.15) is 5.11 Å². The summed E-state index contributed by atoms with van der Waals surface area (Å²) in [6.45, 7) is 3.65. The van der Waals surface area contributed by atoms with Crippen LogP contribution < -0.4 is 4.74 Å². The Morgan fingerprint density at radius 2 is 1.92 bits per heavy atom. The summed E-state index contributed by atoms with van der Waals surface area (Å²) in [6.07, 6.45) is 1.92. The third kappa shape index (κ3) is 4.55. The first-order valence-corrected chi connectivity index (χ1v) is 8.85. The predicted molar refractivity (Wildman–Crippen MR) is 106 cm³/mol. The van der Waals surface area contributed by atoms with E-state index in [0.29, 0.717) is 29.1 Å². The normalized spacial score (nSPS) is 13.7. The number of ether oxygens (including phenoxy) is 1. The van der Waals surface area contributed by atoms with E-state index in [1.54, 1.807) is 37.5 Å². The quantitative estimate of drug-likeness (QED) is 0.229. The number of nitrogens with zero attached hydrogens (tertiary/aromatic N) is 2. The molecule has 0 aliphatic rings. The van der Waals surface area contributed by atoms with Crippen molar-refractivity contribution in [2.45, 2.75) is 10.0 Å². The number of hydrogen-bond donors (Lipinski definition) is 2. The Labute approximate surface area is 162 Å². The second-order valence-electron chi connectivity index (χ2n) is 4.97. The van der Waals surface area contributed by atoms with E-state index in [0.717, 1.165) is 4.47 Å². The fourth-order valence-corrected chi connectivity index (χ4v) is 3.20. The van der Waals surface area contributed by atoms with Crippen LogP contribution in [-0.4, -0.2) is 17.3 Å². The maximum Gasteiger partial charge on any atom is 0.146 e. The van der Waals surface area contributed by atoms with Crippen molar-refractivity contribution in [1.82, 2.24) is 0 Å². The average molecular weight is 503 g/mol. The van der Waals surface area contributed by atoms with Crippen molar-refractivity contribution in [3.63, 3.8) is 0 Å². The standard InChI is InChI=1S/C17H16BrIN2O3/c1-3-8-17(19,23)13-9-11(22)4-6-15(13)20-21-16-7-5-12(24-2)10-14(16)18/h3-7,9-10,22-23H,1,8H2,2H3. The molecule has 0 saturated carbocycles. The maximum absolute atomic E-state index is 10.6. The lowest BCUT2D eigenvalue weighted by Gasteiger charge is -2.21. The molecule has 0 heterocycles. The van der Waals surface area contributed by atoms with Gasteiger partial charge in [0.1, 0.15) is 20.8 Å². The van der Waals surface area contributed by atoms with Crippen LogP contribution in [0, 0.1) is 0 Å². The van der Waals surface area contributed by atoms with Crippen LogP contribution in [0.4, 0.5) is 11.4 Å². The average Bonchev–Trinajstić information content (AvgIpc) is 2.54. The highest BCUT2D eigenvalue weighted by atomic mass is 127. The molecule has 1 unspecified atom stereocenters. The molecular weight excluding hydrogens is 487 g/mol. The molecule has 7 heteroatoms. The van der Waals surface area contributed by atoms with Crippen molar-refractivity contribution >= 4 is 49.9 Å². The molecule has 2 N–H and O–H groups in total. The zero-order chi connectivity index (χ0) is 17.7. The third-order valence-electron chi connectivity index (χ3n) is 3.23. The molecule has 0 saturated heterocycles. The van der Waals surface area contributed by atoms with Gasteiger partial charge in [0.25, 0.3) is 0 Å². The number of phenols is 1. The van der Waals surface area contributed by atoms with E-state index in [2.05, 4.69) is 32.7 Å². The van der Waals surface area contributed by atoms with Gasteiger partial charge in [0.05, 0.1) is 12.8 Å². The summed E-state index contributed by atoms with van der Waals surface area (Å²) in [6, 6.07) is 9.93. The molecule has 1 atom stereocenters. The van der Waals surface area contributed by atoms with Gasteiger partial charge in [0.2, 0.25) is 0 Å². The van der Waals surface area contributed by atoms with Crippen LogP contribution in [0.2, 0.25) is 0 Å². The van der Waals surface area contributed by atoms with Gasteiger partial charge >= 0.3 is 0 Å². The molecule has 0 fully saturated rings. The Morgan fingerprint density at radius 3 is 2.54 bits per heavy atom. The Balaban J connectivity index is 2.41. The molecule has 0 amide bonds. The number of halogens is 2. The molecule has 2 rings (SSSR count). The largest absolute Gasteiger partial charge is 0.508 e.